The van der Waals surface area contributed by atoms with Gasteiger partial charge >= 0.3 is 5.97 Å². The van der Waals surface area contributed by atoms with Crippen LogP contribution in [0.4, 0.5) is 4.39 Å². The highest BCUT2D eigenvalue weighted by Gasteiger charge is 2.43. The average molecular weight is 410 g/mol. The molecule has 3 heterocycles. The van der Waals surface area contributed by atoms with Gasteiger partial charge in [0.05, 0.1) is 22.8 Å². The number of hydrogen-bond donors (Lipinski definition) is 1. The van der Waals surface area contributed by atoms with Crippen LogP contribution in [0.5, 0.6) is 0 Å². The topological polar surface area (TPSA) is 66.8 Å². The maximum atomic E-state index is 14.1. The summed E-state index contributed by atoms with van der Waals surface area (Å²) in [6.45, 7) is 1.31. The first-order valence-corrected chi connectivity index (χ1v) is 9.84. The largest absolute Gasteiger partial charge is 0.477 e. The lowest BCUT2D eigenvalue weighted by Gasteiger charge is -2.44. The van der Waals surface area contributed by atoms with E-state index in [0.29, 0.717) is 43.8 Å². The van der Waals surface area contributed by atoms with E-state index >= 15 is 0 Å². The van der Waals surface area contributed by atoms with Crippen molar-refractivity contribution in [2.45, 2.75) is 24.9 Å². The fourth-order valence-electron chi connectivity index (χ4n) is 3.87. The van der Waals surface area contributed by atoms with Gasteiger partial charge in [0.25, 0.3) is 5.91 Å². The number of benzene rings is 1. The fraction of sp³-hybridized carbons (Fsp3) is 0.368. The molecule has 0 atom stereocenters. The van der Waals surface area contributed by atoms with Crippen LogP contribution in [0.3, 0.4) is 0 Å². The van der Waals surface area contributed by atoms with Crippen molar-refractivity contribution in [3.05, 3.63) is 56.0 Å². The number of hydrogen-bond acceptors (Lipinski definition) is 4. The number of fused-ring (bicyclic) bond motifs is 2. The van der Waals surface area contributed by atoms with Crippen LogP contribution >= 0.6 is 22.9 Å². The van der Waals surface area contributed by atoms with E-state index < -0.39 is 23.3 Å². The van der Waals surface area contributed by atoms with E-state index in [-0.39, 0.29) is 10.6 Å². The summed E-state index contributed by atoms with van der Waals surface area (Å²) in [6, 6.07) is 5.89. The number of likely N-dealkylation sites (tertiary alicyclic amines) is 1. The third-order valence-electron chi connectivity index (χ3n) is 5.25. The molecule has 0 radical (unpaired) electrons. The zero-order chi connectivity index (χ0) is 19.2. The first kappa shape index (κ1) is 18.4. The standard InChI is InChI=1S/C19H17ClFNO4S/c20-12-2-1-3-13(21)16(12)17(23)22-7-5-19(6-8-22)11-10-15(18(24)25)27-14(11)4-9-26-19/h1-3,10H,4-9H2,(H,24,25). The number of thiophene rings is 1. The van der Waals surface area contributed by atoms with E-state index in [1.54, 1.807) is 11.0 Å². The molecule has 2 aliphatic heterocycles. The molecular weight excluding hydrogens is 393 g/mol. The first-order valence-electron chi connectivity index (χ1n) is 8.65. The van der Waals surface area contributed by atoms with Crippen molar-refractivity contribution in [1.29, 1.82) is 0 Å². The molecule has 1 amide bonds. The number of halogens is 2. The van der Waals surface area contributed by atoms with Crippen LogP contribution in [-0.2, 0) is 16.8 Å². The summed E-state index contributed by atoms with van der Waals surface area (Å²) in [5.74, 6) is -2.00. The summed E-state index contributed by atoms with van der Waals surface area (Å²) in [7, 11) is 0. The Morgan fingerprint density at radius 2 is 2.04 bits per heavy atom. The lowest BCUT2D eigenvalue weighted by atomic mass is 9.82. The summed E-state index contributed by atoms with van der Waals surface area (Å²) in [4.78, 5) is 27.0. The number of piperidine rings is 1. The van der Waals surface area contributed by atoms with Crippen molar-refractivity contribution >= 4 is 34.8 Å². The molecule has 1 N–H and O–H groups in total. The molecule has 1 saturated heterocycles. The Balaban J connectivity index is 1.56. The lowest BCUT2D eigenvalue weighted by Crippen LogP contribution is -2.48. The van der Waals surface area contributed by atoms with Crippen molar-refractivity contribution in [2.24, 2.45) is 0 Å². The van der Waals surface area contributed by atoms with Crippen molar-refractivity contribution in [1.82, 2.24) is 4.90 Å². The number of carboxylic acids is 1. The van der Waals surface area contributed by atoms with E-state index in [4.69, 9.17) is 16.3 Å². The molecule has 4 rings (SSSR count). The minimum Gasteiger partial charge on any atom is -0.477 e. The molecule has 142 valence electrons. The highest BCUT2D eigenvalue weighted by molar-refractivity contribution is 7.14. The highest BCUT2D eigenvalue weighted by Crippen LogP contribution is 2.44. The molecule has 0 aliphatic carbocycles. The second kappa shape index (κ2) is 6.89. The summed E-state index contributed by atoms with van der Waals surface area (Å²) >= 11 is 7.31. The fourth-order valence-corrected chi connectivity index (χ4v) is 5.18. The van der Waals surface area contributed by atoms with Crippen molar-refractivity contribution in [3.63, 3.8) is 0 Å². The van der Waals surface area contributed by atoms with Gasteiger partial charge in [0.1, 0.15) is 10.7 Å². The van der Waals surface area contributed by atoms with Gasteiger partial charge in [0, 0.05) is 24.4 Å². The van der Waals surface area contributed by atoms with Gasteiger partial charge in [-0.3, -0.25) is 4.79 Å². The molecule has 1 aromatic heterocycles. The van der Waals surface area contributed by atoms with Gasteiger partial charge in [-0.05, 0) is 36.6 Å². The Labute approximate surface area is 164 Å². The van der Waals surface area contributed by atoms with E-state index in [1.165, 1.54) is 29.5 Å². The van der Waals surface area contributed by atoms with Gasteiger partial charge in [-0.1, -0.05) is 17.7 Å². The van der Waals surface area contributed by atoms with Crippen molar-refractivity contribution in [2.75, 3.05) is 19.7 Å². The number of rotatable bonds is 2. The highest BCUT2D eigenvalue weighted by atomic mass is 35.5. The second-order valence-corrected chi connectivity index (χ2v) is 8.28. The molecule has 0 unspecified atom stereocenters. The predicted molar refractivity (Wildman–Crippen MR) is 99.2 cm³/mol. The molecule has 0 saturated carbocycles. The molecule has 1 aromatic carbocycles. The molecular formula is C19H17ClFNO4S. The number of ether oxygens (including phenoxy) is 1. The molecule has 2 aliphatic rings. The molecule has 1 fully saturated rings. The minimum atomic E-state index is -0.939. The predicted octanol–water partition coefficient (Wildman–Crippen LogP) is 3.94. The van der Waals surface area contributed by atoms with Crippen LogP contribution < -0.4 is 0 Å². The van der Waals surface area contributed by atoms with Gasteiger partial charge in [-0.15, -0.1) is 11.3 Å². The Morgan fingerprint density at radius 1 is 1.30 bits per heavy atom. The lowest BCUT2D eigenvalue weighted by molar-refractivity contribution is -0.0926. The number of carbonyl (C=O) groups excluding carboxylic acids is 1. The van der Waals surface area contributed by atoms with E-state index in [2.05, 4.69) is 0 Å². The second-order valence-electron chi connectivity index (χ2n) is 6.73. The minimum absolute atomic E-state index is 0.0976. The zero-order valence-electron chi connectivity index (χ0n) is 14.3. The van der Waals surface area contributed by atoms with Crippen LogP contribution in [0, 0.1) is 5.82 Å². The Bertz CT molecular complexity index is 900. The molecule has 0 bridgehead atoms. The maximum Gasteiger partial charge on any atom is 0.345 e. The smallest absolute Gasteiger partial charge is 0.345 e. The third-order valence-corrected chi connectivity index (χ3v) is 6.75. The molecule has 2 aromatic rings. The molecule has 5 nitrogen and oxygen atoms in total. The van der Waals surface area contributed by atoms with Crippen molar-refractivity contribution < 1.29 is 23.8 Å². The Kier molecular flexibility index (Phi) is 4.70. The molecule has 8 heteroatoms. The summed E-state index contributed by atoms with van der Waals surface area (Å²) in [5, 5.41) is 9.38. The van der Waals surface area contributed by atoms with Crippen LogP contribution in [0.15, 0.2) is 24.3 Å². The van der Waals surface area contributed by atoms with Gasteiger partial charge in [-0.25, -0.2) is 9.18 Å². The van der Waals surface area contributed by atoms with E-state index in [9.17, 15) is 19.1 Å². The maximum absolute atomic E-state index is 14.1. The van der Waals surface area contributed by atoms with Crippen LogP contribution in [0.2, 0.25) is 5.02 Å². The molecule has 27 heavy (non-hydrogen) atoms. The van der Waals surface area contributed by atoms with Gasteiger partial charge < -0.3 is 14.7 Å². The monoisotopic (exact) mass is 409 g/mol. The van der Waals surface area contributed by atoms with Crippen molar-refractivity contribution in [3.8, 4) is 0 Å². The first-order chi connectivity index (χ1) is 12.9. The number of amides is 1. The summed E-state index contributed by atoms with van der Waals surface area (Å²) < 4.78 is 20.2. The normalized spacial score (nSPS) is 18.4. The van der Waals surface area contributed by atoms with Gasteiger partial charge in [0.15, 0.2) is 0 Å². The average Bonchev–Trinajstić information content (AvgIpc) is 3.08. The third kappa shape index (κ3) is 3.13. The van der Waals surface area contributed by atoms with Crippen LogP contribution in [0.1, 0.15) is 43.3 Å². The number of aromatic carboxylic acids is 1. The zero-order valence-corrected chi connectivity index (χ0v) is 15.9. The Hall–Kier alpha value is -1.96. The summed E-state index contributed by atoms with van der Waals surface area (Å²) in [6.07, 6.45) is 1.77. The van der Waals surface area contributed by atoms with Gasteiger partial charge in [-0.2, -0.15) is 0 Å². The van der Waals surface area contributed by atoms with E-state index in [0.717, 1.165) is 10.4 Å². The SMILES string of the molecule is O=C(O)c1cc2c(s1)CCOC21CCN(C(=O)c2c(F)cccc2Cl)CC1. The van der Waals surface area contributed by atoms with E-state index in [1.807, 2.05) is 0 Å². The Morgan fingerprint density at radius 3 is 2.70 bits per heavy atom. The number of carbonyl (C=O) groups is 2. The van der Waals surface area contributed by atoms with Crippen LogP contribution in [-0.4, -0.2) is 41.6 Å². The molecule has 1 spiro atoms. The van der Waals surface area contributed by atoms with Crippen LogP contribution in [0.25, 0.3) is 0 Å². The summed E-state index contributed by atoms with van der Waals surface area (Å²) in [5.41, 5.74) is 0.240. The quantitative estimate of drug-likeness (QED) is 0.815. The number of nitrogens with zero attached hydrogens (tertiary/aromatic N) is 1. The number of carboxylic acid groups (broad SMARTS) is 1. The van der Waals surface area contributed by atoms with Gasteiger partial charge in [0.2, 0.25) is 0 Å².